The number of nitrogens with zero attached hydrogens (tertiary/aromatic N) is 1. The molecule has 86 valence electrons. The molecule has 1 aromatic carbocycles. The van der Waals surface area contributed by atoms with Crippen molar-refractivity contribution >= 4 is 5.69 Å². The lowest BCUT2D eigenvalue weighted by atomic mass is 9.97. The Bertz CT molecular complexity index is 380. The van der Waals surface area contributed by atoms with Crippen molar-refractivity contribution in [1.82, 2.24) is 5.32 Å². The summed E-state index contributed by atoms with van der Waals surface area (Å²) in [7, 11) is 2.19. The zero-order chi connectivity index (χ0) is 11.0. The second-order valence-electron chi connectivity index (χ2n) is 5.20. The highest BCUT2D eigenvalue weighted by atomic mass is 15.1. The van der Waals surface area contributed by atoms with Crippen molar-refractivity contribution in [1.29, 1.82) is 0 Å². The van der Waals surface area contributed by atoms with Crippen LogP contribution in [0.3, 0.4) is 0 Å². The van der Waals surface area contributed by atoms with E-state index in [-0.39, 0.29) is 0 Å². The number of anilines is 1. The van der Waals surface area contributed by atoms with Gasteiger partial charge < -0.3 is 10.2 Å². The molecule has 0 radical (unpaired) electrons. The predicted octanol–water partition coefficient (Wildman–Crippen LogP) is 1.83. The normalized spacial score (nSPS) is 23.8. The lowest BCUT2D eigenvalue weighted by Crippen LogP contribution is -2.12. The van der Waals surface area contributed by atoms with Gasteiger partial charge in [0.1, 0.15) is 0 Å². The first kappa shape index (κ1) is 10.2. The lowest BCUT2D eigenvalue weighted by Gasteiger charge is -2.13. The third kappa shape index (κ3) is 1.82. The van der Waals surface area contributed by atoms with Crippen LogP contribution in [0.15, 0.2) is 18.2 Å². The van der Waals surface area contributed by atoms with Crippen LogP contribution in [-0.2, 0) is 12.8 Å². The fourth-order valence-corrected chi connectivity index (χ4v) is 2.97. The van der Waals surface area contributed by atoms with Crippen LogP contribution in [0.25, 0.3) is 0 Å². The number of hydrogen-bond donors (Lipinski definition) is 1. The highest BCUT2D eigenvalue weighted by Gasteiger charge is 2.18. The molecular formula is C14H20N2. The van der Waals surface area contributed by atoms with Crippen LogP contribution in [0.4, 0.5) is 5.69 Å². The van der Waals surface area contributed by atoms with E-state index in [0.29, 0.717) is 0 Å². The van der Waals surface area contributed by atoms with Crippen molar-refractivity contribution in [3.8, 4) is 0 Å². The first-order valence-corrected chi connectivity index (χ1v) is 6.36. The second-order valence-corrected chi connectivity index (χ2v) is 5.20. The Morgan fingerprint density at radius 1 is 1.44 bits per heavy atom. The molecule has 1 N–H and O–H groups in total. The molecule has 2 aliphatic rings. The zero-order valence-electron chi connectivity index (χ0n) is 10.00. The maximum Gasteiger partial charge on any atom is 0.0397 e. The molecule has 16 heavy (non-hydrogen) atoms. The van der Waals surface area contributed by atoms with E-state index >= 15 is 0 Å². The first-order valence-electron chi connectivity index (χ1n) is 6.36. The Hall–Kier alpha value is -1.02. The Kier molecular flexibility index (Phi) is 2.60. The van der Waals surface area contributed by atoms with Crippen LogP contribution in [-0.4, -0.2) is 26.7 Å². The average molecular weight is 216 g/mol. The van der Waals surface area contributed by atoms with Crippen molar-refractivity contribution in [2.24, 2.45) is 5.92 Å². The largest absolute Gasteiger partial charge is 0.374 e. The predicted molar refractivity (Wildman–Crippen MR) is 68.1 cm³/mol. The number of likely N-dealkylation sites (N-methyl/N-ethyl adjacent to an activating group) is 1. The fourth-order valence-electron chi connectivity index (χ4n) is 2.97. The Labute approximate surface area is 97.6 Å². The smallest absolute Gasteiger partial charge is 0.0397 e. The minimum Gasteiger partial charge on any atom is -0.374 e. The highest BCUT2D eigenvalue weighted by molar-refractivity contribution is 5.58. The van der Waals surface area contributed by atoms with Crippen LogP contribution in [0.1, 0.15) is 17.5 Å². The maximum absolute atomic E-state index is 3.44. The summed E-state index contributed by atoms with van der Waals surface area (Å²) in [5, 5.41) is 3.44. The number of hydrogen-bond acceptors (Lipinski definition) is 2. The molecule has 1 saturated heterocycles. The van der Waals surface area contributed by atoms with Crippen LogP contribution in [0.2, 0.25) is 0 Å². The van der Waals surface area contributed by atoms with Gasteiger partial charge in [0.2, 0.25) is 0 Å². The van der Waals surface area contributed by atoms with Gasteiger partial charge in [-0.1, -0.05) is 12.1 Å². The molecule has 0 aliphatic carbocycles. The molecule has 2 heteroatoms. The summed E-state index contributed by atoms with van der Waals surface area (Å²) in [4.78, 5) is 2.36. The summed E-state index contributed by atoms with van der Waals surface area (Å²) >= 11 is 0. The van der Waals surface area contributed by atoms with Gasteiger partial charge in [0.25, 0.3) is 0 Å². The van der Waals surface area contributed by atoms with Gasteiger partial charge in [-0.25, -0.2) is 0 Å². The molecule has 2 aliphatic heterocycles. The van der Waals surface area contributed by atoms with Gasteiger partial charge in [0.05, 0.1) is 0 Å². The molecule has 1 unspecified atom stereocenters. The Balaban J connectivity index is 1.76. The summed E-state index contributed by atoms with van der Waals surface area (Å²) in [6.45, 7) is 3.60. The van der Waals surface area contributed by atoms with Gasteiger partial charge >= 0.3 is 0 Å². The van der Waals surface area contributed by atoms with Crippen molar-refractivity contribution in [2.75, 3.05) is 31.6 Å². The molecule has 2 heterocycles. The van der Waals surface area contributed by atoms with Crippen LogP contribution in [0.5, 0.6) is 0 Å². The molecule has 1 fully saturated rings. The van der Waals surface area contributed by atoms with Gasteiger partial charge in [-0.05, 0) is 55.5 Å². The van der Waals surface area contributed by atoms with E-state index in [1.165, 1.54) is 50.1 Å². The van der Waals surface area contributed by atoms with Crippen molar-refractivity contribution in [2.45, 2.75) is 19.3 Å². The van der Waals surface area contributed by atoms with Crippen molar-refractivity contribution in [3.05, 3.63) is 29.3 Å². The topological polar surface area (TPSA) is 15.3 Å². The fraction of sp³-hybridized carbons (Fsp3) is 0.571. The van der Waals surface area contributed by atoms with Gasteiger partial charge in [-0.15, -0.1) is 0 Å². The Morgan fingerprint density at radius 3 is 3.19 bits per heavy atom. The molecule has 0 saturated carbocycles. The van der Waals surface area contributed by atoms with Crippen LogP contribution < -0.4 is 10.2 Å². The van der Waals surface area contributed by atoms with E-state index < -0.39 is 0 Å². The molecule has 1 atom stereocenters. The van der Waals surface area contributed by atoms with Crippen LogP contribution >= 0.6 is 0 Å². The number of fused-ring (bicyclic) bond motifs is 1. The van der Waals surface area contributed by atoms with Gasteiger partial charge in [-0.3, -0.25) is 0 Å². The highest BCUT2D eigenvalue weighted by Crippen LogP contribution is 2.28. The van der Waals surface area contributed by atoms with E-state index in [2.05, 4.69) is 35.5 Å². The van der Waals surface area contributed by atoms with E-state index in [1.54, 1.807) is 5.56 Å². The molecule has 0 bridgehead atoms. The summed E-state index contributed by atoms with van der Waals surface area (Å²) in [5.74, 6) is 0.859. The maximum atomic E-state index is 3.44. The summed E-state index contributed by atoms with van der Waals surface area (Å²) in [6.07, 6.45) is 3.82. The number of rotatable bonds is 2. The Morgan fingerprint density at radius 2 is 2.38 bits per heavy atom. The monoisotopic (exact) mass is 216 g/mol. The molecule has 1 aromatic rings. The lowest BCUT2D eigenvalue weighted by molar-refractivity contribution is 0.580. The third-order valence-corrected chi connectivity index (χ3v) is 3.96. The van der Waals surface area contributed by atoms with Crippen molar-refractivity contribution < 1.29 is 0 Å². The minimum absolute atomic E-state index is 0.859. The summed E-state index contributed by atoms with van der Waals surface area (Å²) < 4.78 is 0. The van der Waals surface area contributed by atoms with E-state index in [0.717, 1.165) is 5.92 Å². The average Bonchev–Trinajstić information content (AvgIpc) is 2.90. The molecule has 0 aromatic heterocycles. The summed E-state index contributed by atoms with van der Waals surface area (Å²) in [6, 6.07) is 7.05. The van der Waals surface area contributed by atoms with Crippen LogP contribution in [0, 0.1) is 5.92 Å². The molecule has 3 rings (SSSR count). The van der Waals surface area contributed by atoms with Crippen molar-refractivity contribution in [3.63, 3.8) is 0 Å². The number of nitrogens with one attached hydrogen (secondary N) is 1. The zero-order valence-corrected chi connectivity index (χ0v) is 10.00. The first-order chi connectivity index (χ1) is 7.83. The molecule has 2 nitrogen and oxygen atoms in total. The van der Waals surface area contributed by atoms with Gasteiger partial charge in [-0.2, -0.15) is 0 Å². The third-order valence-electron chi connectivity index (χ3n) is 3.96. The summed E-state index contributed by atoms with van der Waals surface area (Å²) in [5.41, 5.74) is 4.52. The van der Waals surface area contributed by atoms with E-state index in [1.807, 2.05) is 0 Å². The van der Waals surface area contributed by atoms with Gasteiger partial charge in [0.15, 0.2) is 0 Å². The van der Waals surface area contributed by atoms with Gasteiger partial charge in [0, 0.05) is 19.3 Å². The number of benzene rings is 1. The van der Waals surface area contributed by atoms with E-state index in [4.69, 9.17) is 0 Å². The second kappa shape index (κ2) is 4.10. The molecule has 0 amide bonds. The van der Waals surface area contributed by atoms with E-state index in [9.17, 15) is 0 Å². The molecular weight excluding hydrogens is 196 g/mol. The SMILES string of the molecule is CN1CCc2cc(CC3CCNC3)ccc21. The minimum atomic E-state index is 0.859. The molecule has 0 spiro atoms. The standard InChI is InChI=1S/C14H20N2/c1-16-7-5-13-9-11(2-3-14(13)16)8-12-4-6-15-10-12/h2-3,9,12,15H,4-8,10H2,1H3. The quantitative estimate of drug-likeness (QED) is 0.811.